The monoisotopic (exact) mass is 490 g/mol. The van der Waals surface area contributed by atoms with Crippen molar-refractivity contribution in [2.45, 2.75) is 68.0 Å². The number of hydrogen-bond donors (Lipinski definition) is 1. The molecule has 1 N–H and O–H groups in total. The molecular formula is C21H24F2O9S. The van der Waals surface area contributed by atoms with E-state index in [1.807, 2.05) is 0 Å². The average molecular weight is 490 g/mol. The lowest BCUT2D eigenvalue weighted by Gasteiger charge is -2.56. The van der Waals surface area contributed by atoms with Gasteiger partial charge in [0.15, 0.2) is 0 Å². The summed E-state index contributed by atoms with van der Waals surface area (Å²) in [6.07, 6.45) is 3.55. The highest BCUT2D eigenvalue weighted by Crippen LogP contribution is 2.61. The summed E-state index contributed by atoms with van der Waals surface area (Å²) in [5, 5.41) is -5.17. The lowest BCUT2D eigenvalue weighted by atomic mass is 9.54. The molecular weight excluding hydrogens is 466 g/mol. The molecule has 6 atom stereocenters. The zero-order valence-electron chi connectivity index (χ0n) is 17.5. The van der Waals surface area contributed by atoms with Crippen molar-refractivity contribution < 1.29 is 50.3 Å². The van der Waals surface area contributed by atoms with Gasteiger partial charge in [0.2, 0.25) is 0 Å². The van der Waals surface area contributed by atoms with Crippen LogP contribution < -0.4 is 0 Å². The number of rotatable bonds is 5. The Morgan fingerprint density at radius 2 is 1.61 bits per heavy atom. The molecule has 1 saturated heterocycles. The summed E-state index contributed by atoms with van der Waals surface area (Å²) >= 11 is 0. The molecule has 182 valence electrons. The maximum absolute atomic E-state index is 13.8. The Morgan fingerprint density at radius 3 is 2.15 bits per heavy atom. The van der Waals surface area contributed by atoms with Gasteiger partial charge >= 0.3 is 33.3 Å². The van der Waals surface area contributed by atoms with Crippen molar-refractivity contribution in [2.75, 3.05) is 0 Å². The van der Waals surface area contributed by atoms with E-state index in [9.17, 15) is 31.6 Å². The zero-order valence-corrected chi connectivity index (χ0v) is 18.3. The second kappa shape index (κ2) is 6.65. The summed E-state index contributed by atoms with van der Waals surface area (Å²) in [6.45, 7) is 0. The Hall–Kier alpha value is -1.82. The van der Waals surface area contributed by atoms with Crippen LogP contribution in [0, 0.1) is 41.4 Å². The molecule has 0 spiro atoms. The number of ether oxygens (including phenoxy) is 3. The van der Waals surface area contributed by atoms with Crippen LogP contribution in [0.25, 0.3) is 0 Å². The molecule has 0 radical (unpaired) electrons. The van der Waals surface area contributed by atoms with Crippen LogP contribution >= 0.6 is 0 Å². The Bertz CT molecular complexity index is 1010. The second-order valence-corrected chi connectivity index (χ2v) is 12.4. The van der Waals surface area contributed by atoms with Gasteiger partial charge in [0.05, 0.1) is 11.8 Å². The van der Waals surface area contributed by atoms with E-state index >= 15 is 0 Å². The van der Waals surface area contributed by atoms with E-state index in [-0.39, 0.29) is 6.42 Å². The van der Waals surface area contributed by atoms with E-state index in [1.54, 1.807) is 0 Å². The van der Waals surface area contributed by atoms with Crippen LogP contribution in [0.4, 0.5) is 8.78 Å². The van der Waals surface area contributed by atoms with Crippen LogP contribution in [0.2, 0.25) is 0 Å². The number of halogens is 2. The Balaban J connectivity index is 1.23. The highest BCUT2D eigenvalue weighted by atomic mass is 32.2. The third-order valence-electron chi connectivity index (χ3n) is 8.92. The predicted octanol–water partition coefficient (Wildman–Crippen LogP) is 1.70. The van der Waals surface area contributed by atoms with Crippen molar-refractivity contribution >= 4 is 28.0 Å². The number of fused-ring (bicyclic) bond motifs is 1. The van der Waals surface area contributed by atoms with Crippen LogP contribution in [0.5, 0.6) is 0 Å². The first-order valence-corrected chi connectivity index (χ1v) is 12.8. The average Bonchev–Trinajstić information content (AvgIpc) is 3.29. The first-order chi connectivity index (χ1) is 15.4. The van der Waals surface area contributed by atoms with E-state index in [2.05, 4.69) is 0 Å². The first kappa shape index (κ1) is 21.7. The smallest absolute Gasteiger partial charge is 0.459 e. The van der Waals surface area contributed by atoms with Gasteiger partial charge in [-0.15, -0.1) is 0 Å². The minimum Gasteiger partial charge on any atom is -0.459 e. The molecule has 6 bridgehead atoms. The van der Waals surface area contributed by atoms with Gasteiger partial charge < -0.3 is 14.2 Å². The van der Waals surface area contributed by atoms with Crippen molar-refractivity contribution in [1.82, 2.24) is 0 Å². The minimum absolute atomic E-state index is 0.233. The van der Waals surface area contributed by atoms with Gasteiger partial charge in [-0.05, 0) is 62.7 Å². The van der Waals surface area contributed by atoms with Crippen molar-refractivity contribution in [2.24, 2.45) is 41.4 Å². The van der Waals surface area contributed by atoms with Gasteiger partial charge in [-0.25, -0.2) is 4.79 Å². The zero-order chi connectivity index (χ0) is 23.5. The van der Waals surface area contributed by atoms with E-state index in [1.165, 1.54) is 0 Å². The number of carbonyl (C=O) groups excluding carboxylic acids is 3. The van der Waals surface area contributed by atoms with Crippen LogP contribution in [-0.2, 0) is 38.7 Å². The Kier molecular flexibility index (Phi) is 4.37. The highest BCUT2D eigenvalue weighted by Gasteiger charge is 2.71. The van der Waals surface area contributed by atoms with Gasteiger partial charge in [0, 0.05) is 11.8 Å². The summed E-state index contributed by atoms with van der Waals surface area (Å²) in [6, 6.07) is 0. The van der Waals surface area contributed by atoms with Crippen molar-refractivity contribution in [3.8, 4) is 0 Å². The first-order valence-electron chi connectivity index (χ1n) is 11.4. The predicted molar refractivity (Wildman–Crippen MR) is 102 cm³/mol. The summed E-state index contributed by atoms with van der Waals surface area (Å²) in [7, 11) is -6.05. The molecule has 7 fully saturated rings. The minimum atomic E-state index is -6.05. The quantitative estimate of drug-likeness (QED) is 0.347. The molecule has 0 aromatic rings. The molecule has 6 aliphatic carbocycles. The third kappa shape index (κ3) is 3.01. The van der Waals surface area contributed by atoms with Gasteiger partial charge in [0.25, 0.3) is 0 Å². The molecule has 7 rings (SSSR count). The van der Waals surface area contributed by atoms with Crippen molar-refractivity contribution in [1.29, 1.82) is 0 Å². The van der Waals surface area contributed by atoms with E-state index in [0.29, 0.717) is 17.8 Å². The third-order valence-corrected chi connectivity index (χ3v) is 9.74. The number of carbonyl (C=O) groups is 3. The Labute approximate surface area is 188 Å². The Morgan fingerprint density at radius 1 is 1.03 bits per heavy atom. The van der Waals surface area contributed by atoms with Crippen molar-refractivity contribution in [3.05, 3.63) is 0 Å². The standard InChI is InChI=1S/C21H24F2O9S/c22-21(23,33(27,28)29)19(26)31-16-12-4-11-13(17(24)30-15(11)16)14(12)18(25)32-20-5-8-1-9(6-20)3-10(2-8)7-20/h8-16H,1-7H2,(H,27,28,29). The van der Waals surface area contributed by atoms with Crippen LogP contribution in [-0.4, -0.2) is 53.9 Å². The van der Waals surface area contributed by atoms with E-state index in [4.69, 9.17) is 18.8 Å². The molecule has 1 aliphatic heterocycles. The molecule has 0 amide bonds. The number of esters is 3. The SMILES string of the molecule is O=C1OC2C3CC(C2OC(=O)C(F)(F)S(=O)(=O)O)C(C(=O)OC24CC5CC(CC(C5)C2)C4)C13. The van der Waals surface area contributed by atoms with Crippen LogP contribution in [0.1, 0.15) is 44.9 Å². The largest absolute Gasteiger partial charge is 0.465 e. The lowest BCUT2D eigenvalue weighted by Crippen LogP contribution is -2.54. The van der Waals surface area contributed by atoms with Gasteiger partial charge in [-0.2, -0.15) is 17.2 Å². The van der Waals surface area contributed by atoms with E-state index < -0.39 is 74.8 Å². The maximum Gasteiger partial charge on any atom is 0.465 e. The van der Waals surface area contributed by atoms with Crippen molar-refractivity contribution in [3.63, 3.8) is 0 Å². The fourth-order valence-corrected chi connectivity index (χ4v) is 8.46. The molecule has 9 nitrogen and oxygen atoms in total. The molecule has 6 saturated carbocycles. The second-order valence-electron chi connectivity index (χ2n) is 10.9. The topological polar surface area (TPSA) is 133 Å². The summed E-state index contributed by atoms with van der Waals surface area (Å²) in [5.74, 6) is -5.30. The van der Waals surface area contributed by atoms with Gasteiger partial charge in [-0.3, -0.25) is 14.1 Å². The molecule has 7 aliphatic rings. The molecule has 6 unspecified atom stereocenters. The van der Waals surface area contributed by atoms with Crippen LogP contribution in [0.15, 0.2) is 0 Å². The summed E-state index contributed by atoms with van der Waals surface area (Å²) < 4.78 is 74.2. The molecule has 0 aromatic heterocycles. The molecule has 0 aromatic carbocycles. The summed E-state index contributed by atoms with van der Waals surface area (Å²) in [4.78, 5) is 37.8. The highest BCUT2D eigenvalue weighted by molar-refractivity contribution is 7.87. The van der Waals surface area contributed by atoms with Crippen LogP contribution in [0.3, 0.4) is 0 Å². The number of hydrogen-bond acceptors (Lipinski definition) is 8. The lowest BCUT2D eigenvalue weighted by molar-refractivity contribution is -0.198. The number of alkyl halides is 2. The maximum atomic E-state index is 13.8. The van der Waals surface area contributed by atoms with Gasteiger partial charge in [0.1, 0.15) is 17.8 Å². The molecule has 12 heteroatoms. The normalized spacial score (nSPS) is 47.0. The van der Waals surface area contributed by atoms with Gasteiger partial charge in [-0.1, -0.05) is 0 Å². The fraction of sp³-hybridized carbons (Fsp3) is 0.857. The fourth-order valence-electron chi connectivity index (χ4n) is 8.20. The molecule has 1 heterocycles. The molecule has 33 heavy (non-hydrogen) atoms. The van der Waals surface area contributed by atoms with E-state index in [0.717, 1.165) is 38.5 Å². The summed E-state index contributed by atoms with van der Waals surface area (Å²) in [5.41, 5.74) is -0.570.